The van der Waals surface area contributed by atoms with Crippen LogP contribution in [0.1, 0.15) is 42.2 Å². The van der Waals surface area contributed by atoms with E-state index in [0.717, 1.165) is 5.69 Å². The topological polar surface area (TPSA) is 80.6 Å². The van der Waals surface area contributed by atoms with Gasteiger partial charge in [0.1, 0.15) is 5.56 Å². The van der Waals surface area contributed by atoms with Crippen LogP contribution < -0.4 is 10.9 Å². The standard InChI is InChI=1S/C15H22N2O4/c1-9(2)12-5-4-10(15(20)17(12)3)14(19)16-11-6-7-21-8-13(11)18/h4-5,9,11,13,18H,6-8H2,1-3H3,(H,16,19)/t11-,13-/m0/s1. The lowest BCUT2D eigenvalue weighted by atomic mass is 10.0. The van der Waals surface area contributed by atoms with Gasteiger partial charge in [0.15, 0.2) is 0 Å². The highest BCUT2D eigenvalue weighted by Crippen LogP contribution is 2.12. The van der Waals surface area contributed by atoms with Gasteiger partial charge in [-0.3, -0.25) is 9.59 Å². The van der Waals surface area contributed by atoms with Crippen molar-refractivity contribution in [3.8, 4) is 0 Å². The zero-order chi connectivity index (χ0) is 15.6. The molecule has 1 aromatic rings. The second-order valence-corrected chi connectivity index (χ2v) is 5.70. The molecule has 6 nitrogen and oxygen atoms in total. The van der Waals surface area contributed by atoms with Gasteiger partial charge in [0.2, 0.25) is 0 Å². The van der Waals surface area contributed by atoms with Gasteiger partial charge in [0.25, 0.3) is 11.5 Å². The summed E-state index contributed by atoms with van der Waals surface area (Å²) in [5, 5.41) is 12.5. The Balaban J connectivity index is 2.20. The quantitative estimate of drug-likeness (QED) is 0.845. The maximum Gasteiger partial charge on any atom is 0.263 e. The van der Waals surface area contributed by atoms with Crippen LogP contribution in [-0.2, 0) is 11.8 Å². The number of aliphatic hydroxyl groups excluding tert-OH is 1. The monoisotopic (exact) mass is 294 g/mol. The van der Waals surface area contributed by atoms with Crippen LogP contribution in [0.5, 0.6) is 0 Å². The Labute approximate surface area is 123 Å². The highest BCUT2D eigenvalue weighted by atomic mass is 16.5. The van der Waals surface area contributed by atoms with Crippen LogP contribution in [0, 0.1) is 0 Å². The molecular weight excluding hydrogens is 272 g/mol. The first-order valence-electron chi connectivity index (χ1n) is 7.18. The van der Waals surface area contributed by atoms with Gasteiger partial charge in [0.05, 0.1) is 18.8 Å². The van der Waals surface area contributed by atoms with Gasteiger partial charge >= 0.3 is 0 Å². The molecule has 0 aromatic carbocycles. The average Bonchev–Trinajstić information content (AvgIpc) is 2.43. The third kappa shape index (κ3) is 3.33. The summed E-state index contributed by atoms with van der Waals surface area (Å²) in [4.78, 5) is 24.5. The fourth-order valence-electron chi connectivity index (χ4n) is 2.54. The Morgan fingerprint density at radius 3 is 2.81 bits per heavy atom. The number of hydrogen-bond acceptors (Lipinski definition) is 4. The molecular formula is C15H22N2O4. The first kappa shape index (κ1) is 15.7. The minimum atomic E-state index is -0.735. The Morgan fingerprint density at radius 1 is 1.48 bits per heavy atom. The number of ether oxygens (including phenoxy) is 1. The fourth-order valence-corrected chi connectivity index (χ4v) is 2.54. The minimum absolute atomic E-state index is 0.0978. The number of pyridine rings is 1. The van der Waals surface area contributed by atoms with Gasteiger partial charge in [0, 0.05) is 19.3 Å². The molecule has 6 heteroatoms. The number of rotatable bonds is 3. The van der Waals surface area contributed by atoms with Gasteiger partial charge in [-0.05, 0) is 24.5 Å². The SMILES string of the molecule is CC(C)c1ccc(C(=O)N[C@H]2CCOC[C@@H]2O)c(=O)n1C. The van der Waals surface area contributed by atoms with E-state index in [1.807, 2.05) is 13.8 Å². The predicted octanol–water partition coefficient (Wildman–Crippen LogP) is 0.388. The van der Waals surface area contributed by atoms with Gasteiger partial charge in [-0.1, -0.05) is 13.8 Å². The number of carbonyl (C=O) groups excluding carboxylic acids is 1. The number of nitrogens with zero attached hydrogens (tertiary/aromatic N) is 1. The average molecular weight is 294 g/mol. The van der Waals surface area contributed by atoms with E-state index in [2.05, 4.69) is 5.32 Å². The highest BCUT2D eigenvalue weighted by Gasteiger charge is 2.26. The molecule has 2 N–H and O–H groups in total. The number of aromatic nitrogens is 1. The molecule has 1 aliphatic rings. The molecule has 0 spiro atoms. The van der Waals surface area contributed by atoms with Crippen LogP contribution in [-0.4, -0.2) is 40.9 Å². The minimum Gasteiger partial charge on any atom is -0.389 e. The van der Waals surface area contributed by atoms with Crippen molar-refractivity contribution in [2.24, 2.45) is 7.05 Å². The first-order valence-corrected chi connectivity index (χ1v) is 7.18. The van der Waals surface area contributed by atoms with Gasteiger partial charge in [-0.25, -0.2) is 0 Å². The van der Waals surface area contributed by atoms with Crippen LogP contribution >= 0.6 is 0 Å². The van der Waals surface area contributed by atoms with Crippen molar-refractivity contribution < 1.29 is 14.6 Å². The van der Waals surface area contributed by atoms with Crippen LogP contribution in [0.4, 0.5) is 0 Å². The summed E-state index contributed by atoms with van der Waals surface area (Å²) < 4.78 is 6.62. The molecule has 2 heterocycles. The van der Waals surface area contributed by atoms with E-state index < -0.39 is 12.0 Å². The summed E-state index contributed by atoms with van der Waals surface area (Å²) in [6.07, 6.45) is -0.196. The van der Waals surface area contributed by atoms with E-state index in [1.54, 1.807) is 19.2 Å². The largest absolute Gasteiger partial charge is 0.389 e. The summed E-state index contributed by atoms with van der Waals surface area (Å²) in [6, 6.07) is 2.97. The summed E-state index contributed by atoms with van der Waals surface area (Å²) in [7, 11) is 1.66. The van der Waals surface area contributed by atoms with Crippen molar-refractivity contribution in [2.45, 2.75) is 38.3 Å². The maximum absolute atomic E-state index is 12.3. The van der Waals surface area contributed by atoms with Crippen molar-refractivity contribution >= 4 is 5.91 Å². The second-order valence-electron chi connectivity index (χ2n) is 5.70. The van der Waals surface area contributed by atoms with E-state index in [1.165, 1.54) is 4.57 Å². The van der Waals surface area contributed by atoms with Crippen LogP contribution in [0.15, 0.2) is 16.9 Å². The van der Waals surface area contributed by atoms with Crippen molar-refractivity contribution in [3.63, 3.8) is 0 Å². The van der Waals surface area contributed by atoms with E-state index in [4.69, 9.17) is 4.74 Å². The lowest BCUT2D eigenvalue weighted by Crippen LogP contribution is -2.49. The fraction of sp³-hybridized carbons (Fsp3) is 0.600. The van der Waals surface area contributed by atoms with Crippen molar-refractivity contribution in [1.29, 1.82) is 0 Å². The first-order chi connectivity index (χ1) is 9.91. The van der Waals surface area contributed by atoms with Gasteiger partial charge < -0.3 is 19.7 Å². The van der Waals surface area contributed by atoms with Crippen molar-refractivity contribution in [1.82, 2.24) is 9.88 Å². The molecule has 0 bridgehead atoms. The number of nitrogens with one attached hydrogen (secondary N) is 1. The highest BCUT2D eigenvalue weighted by molar-refractivity contribution is 5.94. The smallest absolute Gasteiger partial charge is 0.263 e. The summed E-state index contributed by atoms with van der Waals surface area (Å²) in [5.41, 5.74) is 0.656. The van der Waals surface area contributed by atoms with Crippen LogP contribution in [0.2, 0.25) is 0 Å². The number of aliphatic hydroxyl groups is 1. The van der Waals surface area contributed by atoms with E-state index in [-0.39, 0.29) is 29.7 Å². The Bertz CT molecular complexity index is 580. The van der Waals surface area contributed by atoms with Gasteiger partial charge in [-0.2, -0.15) is 0 Å². The Hall–Kier alpha value is -1.66. The second kappa shape index (κ2) is 6.41. The molecule has 0 saturated carbocycles. The molecule has 0 aliphatic carbocycles. The molecule has 1 fully saturated rings. The molecule has 21 heavy (non-hydrogen) atoms. The van der Waals surface area contributed by atoms with Crippen molar-refractivity contribution in [3.05, 3.63) is 33.7 Å². The molecule has 1 aliphatic heterocycles. The van der Waals surface area contributed by atoms with Crippen LogP contribution in [0.25, 0.3) is 0 Å². The summed E-state index contributed by atoms with van der Waals surface area (Å²) in [5.74, 6) is -0.242. The molecule has 1 saturated heterocycles. The number of hydrogen-bond donors (Lipinski definition) is 2. The Kier molecular flexibility index (Phi) is 4.80. The maximum atomic E-state index is 12.3. The summed E-state index contributed by atoms with van der Waals surface area (Å²) in [6.45, 7) is 4.68. The van der Waals surface area contributed by atoms with Crippen LogP contribution in [0.3, 0.4) is 0 Å². The molecule has 2 rings (SSSR count). The third-order valence-corrected chi connectivity index (χ3v) is 3.82. The lowest BCUT2D eigenvalue weighted by molar-refractivity contribution is -0.0261. The van der Waals surface area contributed by atoms with Gasteiger partial charge in [-0.15, -0.1) is 0 Å². The zero-order valence-electron chi connectivity index (χ0n) is 12.6. The molecule has 1 aromatic heterocycles. The molecule has 2 atom stereocenters. The van der Waals surface area contributed by atoms with E-state index >= 15 is 0 Å². The molecule has 1 amide bonds. The normalized spacial score (nSPS) is 22.3. The lowest BCUT2D eigenvalue weighted by Gasteiger charge is -2.28. The van der Waals surface area contributed by atoms with E-state index in [0.29, 0.717) is 13.0 Å². The third-order valence-electron chi connectivity index (χ3n) is 3.82. The van der Waals surface area contributed by atoms with Crippen molar-refractivity contribution in [2.75, 3.05) is 13.2 Å². The molecule has 116 valence electrons. The number of carbonyl (C=O) groups is 1. The molecule has 0 unspecified atom stereocenters. The van der Waals surface area contributed by atoms with E-state index in [9.17, 15) is 14.7 Å². The predicted molar refractivity (Wildman–Crippen MR) is 78.5 cm³/mol. The summed E-state index contributed by atoms with van der Waals surface area (Å²) >= 11 is 0. The zero-order valence-corrected chi connectivity index (χ0v) is 12.6. The Morgan fingerprint density at radius 2 is 2.19 bits per heavy atom. The number of amides is 1. The molecule has 0 radical (unpaired) electrons.